The van der Waals surface area contributed by atoms with Gasteiger partial charge in [0, 0.05) is 19.2 Å². The Hall–Kier alpha value is -1.30. The van der Waals surface area contributed by atoms with Crippen LogP contribution in [0.4, 0.5) is 4.79 Å². The summed E-state index contributed by atoms with van der Waals surface area (Å²) in [6.45, 7) is 1.97. The first-order valence-electron chi connectivity index (χ1n) is 6.53. The third kappa shape index (κ3) is 3.35. The molecular formula is C12H20N2O4. The number of nitrogens with one attached hydrogen (secondary N) is 1. The smallest absolute Gasteiger partial charge is 0.317 e. The lowest BCUT2D eigenvalue weighted by Gasteiger charge is -2.28. The van der Waals surface area contributed by atoms with Crippen molar-refractivity contribution in [1.29, 1.82) is 0 Å². The Balaban J connectivity index is 1.84. The second-order valence-electron chi connectivity index (χ2n) is 4.95. The largest absolute Gasteiger partial charge is 0.481 e. The normalized spacial score (nSPS) is 28.1. The first-order valence-corrected chi connectivity index (χ1v) is 6.53. The molecule has 0 spiro atoms. The average Bonchev–Trinajstić information content (AvgIpc) is 2.77. The highest BCUT2D eigenvalue weighted by molar-refractivity contribution is 5.76. The fraction of sp³-hybridized carbons (Fsp3) is 0.833. The molecule has 18 heavy (non-hydrogen) atoms. The van der Waals surface area contributed by atoms with Crippen LogP contribution >= 0.6 is 0 Å². The number of ether oxygens (including phenoxy) is 1. The number of carboxylic acids is 1. The molecule has 0 aromatic carbocycles. The SMILES string of the molecule is O=C(O)CC1CCCN1C(=O)NC1CCCOC1. The number of urea groups is 1. The molecule has 0 aromatic heterocycles. The van der Waals surface area contributed by atoms with E-state index in [0.717, 1.165) is 32.3 Å². The molecule has 2 unspecified atom stereocenters. The van der Waals surface area contributed by atoms with Crippen LogP contribution in [-0.4, -0.2) is 53.8 Å². The van der Waals surface area contributed by atoms with Crippen LogP contribution in [0.25, 0.3) is 0 Å². The van der Waals surface area contributed by atoms with Crippen LogP contribution in [0.1, 0.15) is 32.1 Å². The summed E-state index contributed by atoms with van der Waals surface area (Å²) in [5, 5.41) is 11.7. The van der Waals surface area contributed by atoms with E-state index in [4.69, 9.17) is 9.84 Å². The van der Waals surface area contributed by atoms with Crippen molar-refractivity contribution in [3.63, 3.8) is 0 Å². The Kier molecular flexibility index (Phi) is 4.41. The van der Waals surface area contributed by atoms with Gasteiger partial charge < -0.3 is 20.1 Å². The summed E-state index contributed by atoms with van der Waals surface area (Å²) in [5.74, 6) is -0.847. The summed E-state index contributed by atoms with van der Waals surface area (Å²) in [6, 6.07) is -0.237. The molecule has 6 heteroatoms. The number of carbonyl (C=O) groups excluding carboxylic acids is 1. The van der Waals surface area contributed by atoms with Crippen molar-refractivity contribution in [2.24, 2.45) is 0 Å². The number of carbonyl (C=O) groups is 2. The van der Waals surface area contributed by atoms with Crippen molar-refractivity contribution in [2.75, 3.05) is 19.8 Å². The minimum absolute atomic E-state index is 0.0363. The van der Waals surface area contributed by atoms with Gasteiger partial charge in [0.25, 0.3) is 0 Å². The monoisotopic (exact) mass is 256 g/mol. The number of amides is 2. The molecule has 0 bridgehead atoms. The lowest BCUT2D eigenvalue weighted by Crippen LogP contribution is -2.49. The van der Waals surface area contributed by atoms with Gasteiger partial charge in [-0.25, -0.2) is 4.79 Å². The van der Waals surface area contributed by atoms with E-state index >= 15 is 0 Å². The van der Waals surface area contributed by atoms with E-state index in [2.05, 4.69) is 5.32 Å². The Morgan fingerprint density at radius 3 is 2.83 bits per heavy atom. The maximum atomic E-state index is 12.1. The highest BCUT2D eigenvalue weighted by Gasteiger charge is 2.31. The van der Waals surface area contributed by atoms with Crippen LogP contribution in [0.5, 0.6) is 0 Å². The average molecular weight is 256 g/mol. The van der Waals surface area contributed by atoms with Crippen LogP contribution in [0.15, 0.2) is 0 Å². The summed E-state index contributed by atoms with van der Waals surface area (Å²) in [6.07, 6.45) is 3.59. The minimum Gasteiger partial charge on any atom is -0.481 e. The Morgan fingerprint density at radius 1 is 1.33 bits per heavy atom. The second-order valence-corrected chi connectivity index (χ2v) is 4.95. The highest BCUT2D eigenvalue weighted by atomic mass is 16.5. The molecule has 2 atom stereocenters. The topological polar surface area (TPSA) is 78.9 Å². The van der Waals surface area contributed by atoms with Crippen molar-refractivity contribution < 1.29 is 19.4 Å². The summed E-state index contributed by atoms with van der Waals surface area (Å²) >= 11 is 0. The maximum absolute atomic E-state index is 12.1. The minimum atomic E-state index is -0.847. The summed E-state index contributed by atoms with van der Waals surface area (Å²) in [5.41, 5.74) is 0. The molecule has 102 valence electrons. The Bertz CT molecular complexity index is 315. The maximum Gasteiger partial charge on any atom is 0.317 e. The molecule has 2 aliphatic heterocycles. The van der Waals surface area contributed by atoms with Crippen LogP contribution in [0, 0.1) is 0 Å². The second kappa shape index (κ2) is 6.04. The number of likely N-dealkylation sites (tertiary alicyclic amines) is 1. The third-order valence-electron chi connectivity index (χ3n) is 3.54. The summed E-state index contributed by atoms with van der Waals surface area (Å²) in [7, 11) is 0. The van der Waals surface area contributed by atoms with E-state index < -0.39 is 5.97 Å². The van der Waals surface area contributed by atoms with Crippen molar-refractivity contribution in [2.45, 2.75) is 44.2 Å². The van der Waals surface area contributed by atoms with E-state index in [1.165, 1.54) is 0 Å². The highest BCUT2D eigenvalue weighted by Crippen LogP contribution is 2.20. The Morgan fingerprint density at radius 2 is 2.17 bits per heavy atom. The summed E-state index contributed by atoms with van der Waals surface area (Å²) < 4.78 is 5.31. The van der Waals surface area contributed by atoms with Crippen molar-refractivity contribution in [3.05, 3.63) is 0 Å². The Labute approximate surface area is 106 Å². The first-order chi connectivity index (χ1) is 8.66. The molecule has 2 amide bonds. The van der Waals surface area contributed by atoms with Gasteiger partial charge in [-0.1, -0.05) is 0 Å². The molecule has 0 radical (unpaired) electrons. The number of hydrogen-bond acceptors (Lipinski definition) is 3. The van der Waals surface area contributed by atoms with E-state index in [-0.39, 0.29) is 24.5 Å². The number of aliphatic carboxylic acids is 1. The number of nitrogens with zero attached hydrogens (tertiary/aromatic N) is 1. The van der Waals surface area contributed by atoms with Crippen LogP contribution in [0.3, 0.4) is 0 Å². The van der Waals surface area contributed by atoms with E-state index in [1.54, 1.807) is 4.90 Å². The molecule has 2 heterocycles. The molecule has 0 saturated carbocycles. The predicted molar refractivity (Wildman–Crippen MR) is 64.4 cm³/mol. The van der Waals surface area contributed by atoms with E-state index in [1.807, 2.05) is 0 Å². The zero-order valence-corrected chi connectivity index (χ0v) is 10.4. The summed E-state index contributed by atoms with van der Waals surface area (Å²) in [4.78, 5) is 24.5. The fourth-order valence-electron chi connectivity index (χ4n) is 2.63. The van der Waals surface area contributed by atoms with Crippen molar-refractivity contribution in [1.82, 2.24) is 10.2 Å². The molecule has 2 N–H and O–H groups in total. The predicted octanol–water partition coefficient (Wildman–Crippen LogP) is 0.814. The number of carboxylic acid groups (broad SMARTS) is 1. The van der Waals surface area contributed by atoms with Gasteiger partial charge in [-0.2, -0.15) is 0 Å². The van der Waals surface area contributed by atoms with Crippen molar-refractivity contribution >= 4 is 12.0 Å². The van der Waals surface area contributed by atoms with E-state index in [0.29, 0.717) is 13.2 Å². The van der Waals surface area contributed by atoms with Gasteiger partial charge in [0.1, 0.15) is 0 Å². The first kappa shape index (κ1) is 13.1. The van der Waals surface area contributed by atoms with Gasteiger partial charge in [0.15, 0.2) is 0 Å². The standard InChI is InChI=1S/C12H20N2O4/c15-11(16)7-10-4-1-5-14(10)12(17)13-9-3-2-6-18-8-9/h9-10H,1-8H2,(H,13,17)(H,15,16). The van der Waals surface area contributed by atoms with Gasteiger partial charge >= 0.3 is 12.0 Å². The van der Waals surface area contributed by atoms with Gasteiger partial charge in [-0.15, -0.1) is 0 Å². The molecule has 2 rings (SSSR count). The molecule has 2 fully saturated rings. The van der Waals surface area contributed by atoms with Crippen LogP contribution in [0.2, 0.25) is 0 Å². The fourth-order valence-corrected chi connectivity index (χ4v) is 2.63. The lowest BCUT2D eigenvalue weighted by molar-refractivity contribution is -0.137. The van der Waals surface area contributed by atoms with Crippen molar-refractivity contribution in [3.8, 4) is 0 Å². The van der Waals surface area contributed by atoms with E-state index in [9.17, 15) is 9.59 Å². The van der Waals surface area contributed by atoms with Gasteiger partial charge in [0.2, 0.25) is 0 Å². The number of rotatable bonds is 3. The molecule has 0 aliphatic carbocycles. The van der Waals surface area contributed by atoms with Gasteiger partial charge in [-0.3, -0.25) is 4.79 Å². The zero-order valence-electron chi connectivity index (χ0n) is 10.4. The third-order valence-corrected chi connectivity index (χ3v) is 3.54. The molecular weight excluding hydrogens is 236 g/mol. The number of hydrogen-bond donors (Lipinski definition) is 2. The molecule has 2 aliphatic rings. The van der Waals surface area contributed by atoms with Gasteiger partial charge in [-0.05, 0) is 25.7 Å². The van der Waals surface area contributed by atoms with Crippen LogP contribution < -0.4 is 5.32 Å². The van der Waals surface area contributed by atoms with Gasteiger partial charge in [0.05, 0.1) is 19.1 Å². The zero-order chi connectivity index (χ0) is 13.0. The van der Waals surface area contributed by atoms with Crippen LogP contribution in [-0.2, 0) is 9.53 Å². The lowest BCUT2D eigenvalue weighted by atomic mass is 10.1. The molecule has 6 nitrogen and oxygen atoms in total. The molecule has 0 aromatic rings. The quantitative estimate of drug-likeness (QED) is 0.783. The molecule has 2 saturated heterocycles.